The van der Waals surface area contributed by atoms with Crippen molar-refractivity contribution in [3.63, 3.8) is 0 Å². The Morgan fingerprint density at radius 3 is 2.46 bits per heavy atom. The van der Waals surface area contributed by atoms with E-state index in [1.165, 1.54) is 25.7 Å². The van der Waals surface area contributed by atoms with Crippen molar-refractivity contribution in [2.75, 3.05) is 32.8 Å². The van der Waals surface area contributed by atoms with Crippen LogP contribution in [0.15, 0.2) is 28.7 Å². The standard InChI is InChI=1S/C19H27BrN2O2/c1-15-4-2-3-5-18(15)21-10-12-22(13-11-21)19(23)14-24-17-8-6-16(20)7-9-17/h6-9,15,18H,2-5,10-14H2,1H3/t15-,18-/m1/s1. The highest BCUT2D eigenvalue weighted by atomic mass is 79.9. The number of rotatable bonds is 4. The average Bonchev–Trinajstić information content (AvgIpc) is 2.61. The van der Waals surface area contributed by atoms with Crippen LogP contribution in [-0.2, 0) is 4.79 Å². The number of carbonyl (C=O) groups excluding carboxylic acids is 1. The van der Waals surface area contributed by atoms with Gasteiger partial charge in [-0.2, -0.15) is 0 Å². The lowest BCUT2D eigenvalue weighted by Crippen LogP contribution is -2.54. The maximum absolute atomic E-state index is 12.4. The summed E-state index contributed by atoms with van der Waals surface area (Å²) in [6, 6.07) is 8.31. The van der Waals surface area contributed by atoms with Crippen LogP contribution < -0.4 is 4.74 Å². The molecule has 0 N–H and O–H groups in total. The van der Waals surface area contributed by atoms with Crippen LogP contribution in [-0.4, -0.2) is 54.5 Å². The highest BCUT2D eigenvalue weighted by Gasteiger charge is 2.30. The van der Waals surface area contributed by atoms with Crippen LogP contribution in [0.1, 0.15) is 32.6 Å². The topological polar surface area (TPSA) is 32.8 Å². The highest BCUT2D eigenvalue weighted by Crippen LogP contribution is 2.28. The molecule has 2 fully saturated rings. The minimum Gasteiger partial charge on any atom is -0.484 e. The van der Waals surface area contributed by atoms with Crippen LogP contribution in [0, 0.1) is 5.92 Å². The SMILES string of the molecule is C[C@@H]1CCCC[C@H]1N1CCN(C(=O)COc2ccc(Br)cc2)CC1. The molecule has 1 aliphatic carbocycles. The molecule has 1 aromatic carbocycles. The number of nitrogens with zero attached hydrogens (tertiary/aromatic N) is 2. The fourth-order valence-electron chi connectivity index (χ4n) is 3.91. The Hall–Kier alpha value is -1.07. The van der Waals surface area contributed by atoms with Gasteiger partial charge in [0.15, 0.2) is 6.61 Å². The predicted molar refractivity (Wildman–Crippen MR) is 99.2 cm³/mol. The lowest BCUT2D eigenvalue weighted by molar-refractivity contribution is -0.135. The molecule has 1 saturated carbocycles. The zero-order valence-corrected chi connectivity index (χ0v) is 16.0. The van der Waals surface area contributed by atoms with Gasteiger partial charge in [0.25, 0.3) is 5.91 Å². The molecular formula is C19H27BrN2O2. The van der Waals surface area contributed by atoms with Gasteiger partial charge in [-0.25, -0.2) is 0 Å². The third-order valence-electron chi connectivity index (χ3n) is 5.38. The smallest absolute Gasteiger partial charge is 0.260 e. The van der Waals surface area contributed by atoms with Gasteiger partial charge in [-0.3, -0.25) is 9.69 Å². The molecule has 5 heteroatoms. The first-order valence-corrected chi connectivity index (χ1v) is 9.83. The second-order valence-electron chi connectivity index (χ2n) is 6.99. The first-order chi connectivity index (χ1) is 11.6. The van der Waals surface area contributed by atoms with E-state index in [0.29, 0.717) is 0 Å². The van der Waals surface area contributed by atoms with E-state index in [2.05, 4.69) is 27.8 Å². The fourth-order valence-corrected chi connectivity index (χ4v) is 4.17. The summed E-state index contributed by atoms with van der Waals surface area (Å²) in [7, 11) is 0. The summed E-state index contributed by atoms with van der Waals surface area (Å²) in [5.74, 6) is 1.62. The molecule has 3 rings (SSSR count). The lowest BCUT2D eigenvalue weighted by atomic mass is 9.84. The summed E-state index contributed by atoms with van der Waals surface area (Å²) in [6.07, 6.45) is 5.41. The Bertz CT molecular complexity index is 541. The monoisotopic (exact) mass is 394 g/mol. The normalized spacial score (nSPS) is 25.5. The van der Waals surface area contributed by atoms with E-state index in [4.69, 9.17) is 4.74 Å². The van der Waals surface area contributed by atoms with Crippen LogP contribution >= 0.6 is 15.9 Å². The van der Waals surface area contributed by atoms with Crippen LogP contribution in [0.5, 0.6) is 5.75 Å². The van der Waals surface area contributed by atoms with Gasteiger partial charge < -0.3 is 9.64 Å². The van der Waals surface area contributed by atoms with Crippen LogP contribution in [0.4, 0.5) is 0 Å². The van der Waals surface area contributed by atoms with Gasteiger partial charge in [0.2, 0.25) is 0 Å². The van der Waals surface area contributed by atoms with Crippen molar-refractivity contribution >= 4 is 21.8 Å². The number of hydrogen-bond donors (Lipinski definition) is 0. The minimum atomic E-state index is 0.0919. The molecule has 0 aromatic heterocycles. The maximum atomic E-state index is 12.4. The molecule has 1 saturated heterocycles. The Labute approximate surface area is 153 Å². The van der Waals surface area contributed by atoms with Gasteiger partial charge in [0.05, 0.1) is 0 Å². The minimum absolute atomic E-state index is 0.0919. The van der Waals surface area contributed by atoms with Gasteiger partial charge in [0.1, 0.15) is 5.75 Å². The largest absolute Gasteiger partial charge is 0.484 e. The third-order valence-corrected chi connectivity index (χ3v) is 5.91. The molecule has 1 aliphatic heterocycles. The molecule has 0 bridgehead atoms. The predicted octanol–water partition coefficient (Wildman–Crippen LogP) is 3.55. The van der Waals surface area contributed by atoms with E-state index in [1.807, 2.05) is 29.2 Å². The summed E-state index contributed by atoms with van der Waals surface area (Å²) in [4.78, 5) is 16.9. The summed E-state index contributed by atoms with van der Waals surface area (Å²) in [5.41, 5.74) is 0. The number of benzene rings is 1. The zero-order valence-electron chi connectivity index (χ0n) is 14.4. The van der Waals surface area contributed by atoms with Crippen molar-refractivity contribution in [1.29, 1.82) is 0 Å². The quantitative estimate of drug-likeness (QED) is 0.782. The van der Waals surface area contributed by atoms with E-state index in [-0.39, 0.29) is 12.5 Å². The molecule has 1 amide bonds. The molecule has 132 valence electrons. The molecule has 1 heterocycles. The first kappa shape index (κ1) is 17.7. The van der Waals surface area contributed by atoms with Crippen molar-refractivity contribution in [3.05, 3.63) is 28.7 Å². The Morgan fingerprint density at radius 2 is 1.79 bits per heavy atom. The number of hydrogen-bond acceptors (Lipinski definition) is 3. The zero-order chi connectivity index (χ0) is 16.9. The second kappa shape index (κ2) is 8.34. The molecule has 4 nitrogen and oxygen atoms in total. The van der Waals surface area contributed by atoms with Gasteiger partial charge in [-0.05, 0) is 43.0 Å². The van der Waals surface area contributed by atoms with E-state index in [1.54, 1.807) is 0 Å². The lowest BCUT2D eigenvalue weighted by Gasteiger charge is -2.43. The second-order valence-corrected chi connectivity index (χ2v) is 7.90. The number of ether oxygens (including phenoxy) is 1. The van der Waals surface area contributed by atoms with Crippen molar-refractivity contribution in [2.24, 2.45) is 5.92 Å². The first-order valence-electron chi connectivity index (χ1n) is 9.03. The van der Waals surface area contributed by atoms with Crippen molar-refractivity contribution in [2.45, 2.75) is 38.6 Å². The third kappa shape index (κ3) is 4.51. The van der Waals surface area contributed by atoms with Crippen LogP contribution in [0.2, 0.25) is 0 Å². The van der Waals surface area contributed by atoms with Gasteiger partial charge in [-0.1, -0.05) is 35.7 Å². The summed E-state index contributed by atoms with van der Waals surface area (Å²) in [6.45, 7) is 6.16. The Kier molecular flexibility index (Phi) is 6.17. The van der Waals surface area contributed by atoms with Gasteiger partial charge in [-0.15, -0.1) is 0 Å². The molecule has 0 spiro atoms. The molecular weight excluding hydrogens is 368 g/mol. The van der Waals surface area contributed by atoms with Crippen molar-refractivity contribution in [1.82, 2.24) is 9.80 Å². The van der Waals surface area contributed by atoms with Crippen LogP contribution in [0.25, 0.3) is 0 Å². The molecule has 2 atom stereocenters. The van der Waals surface area contributed by atoms with Crippen molar-refractivity contribution in [3.8, 4) is 5.75 Å². The van der Waals surface area contributed by atoms with E-state index in [0.717, 1.165) is 48.4 Å². The van der Waals surface area contributed by atoms with E-state index < -0.39 is 0 Å². The number of halogens is 1. The van der Waals surface area contributed by atoms with Crippen molar-refractivity contribution < 1.29 is 9.53 Å². The molecule has 2 aliphatic rings. The summed E-state index contributed by atoms with van der Waals surface area (Å²) < 4.78 is 6.62. The number of carbonyl (C=O) groups is 1. The van der Waals surface area contributed by atoms with E-state index >= 15 is 0 Å². The molecule has 0 unspecified atom stereocenters. The average molecular weight is 395 g/mol. The molecule has 1 aromatic rings. The van der Waals surface area contributed by atoms with Gasteiger partial charge >= 0.3 is 0 Å². The fraction of sp³-hybridized carbons (Fsp3) is 0.632. The Morgan fingerprint density at radius 1 is 1.12 bits per heavy atom. The Balaban J connectivity index is 1.44. The summed E-state index contributed by atoms with van der Waals surface area (Å²) in [5, 5.41) is 0. The number of amides is 1. The number of piperazine rings is 1. The summed E-state index contributed by atoms with van der Waals surface area (Å²) >= 11 is 3.40. The maximum Gasteiger partial charge on any atom is 0.260 e. The highest BCUT2D eigenvalue weighted by molar-refractivity contribution is 9.10. The van der Waals surface area contributed by atoms with Crippen LogP contribution in [0.3, 0.4) is 0 Å². The molecule has 24 heavy (non-hydrogen) atoms. The molecule has 0 radical (unpaired) electrons. The van der Waals surface area contributed by atoms with Gasteiger partial charge in [0, 0.05) is 36.7 Å². The van der Waals surface area contributed by atoms with E-state index in [9.17, 15) is 4.79 Å².